The molecule has 9 heteroatoms. The number of piperazine rings is 1. The number of benzene rings is 2. The number of nitrogens with one attached hydrogen (secondary N) is 2. The molecule has 0 unspecified atom stereocenters. The first kappa shape index (κ1) is 24.6. The van der Waals surface area contributed by atoms with E-state index in [4.69, 9.17) is 0 Å². The van der Waals surface area contributed by atoms with E-state index < -0.39 is 10.0 Å². The van der Waals surface area contributed by atoms with Gasteiger partial charge in [-0.1, -0.05) is 61.0 Å². The molecule has 1 saturated heterocycles. The highest BCUT2D eigenvalue weighted by molar-refractivity contribution is 9.10. The van der Waals surface area contributed by atoms with Gasteiger partial charge in [-0.15, -0.1) is 0 Å². The first-order chi connectivity index (χ1) is 15.1. The molecule has 0 aromatic heterocycles. The van der Waals surface area contributed by atoms with Crippen LogP contribution in [-0.2, 0) is 20.2 Å². The van der Waals surface area contributed by atoms with Crippen LogP contribution in [0.25, 0.3) is 0 Å². The van der Waals surface area contributed by atoms with Crippen molar-refractivity contribution in [3.05, 3.63) is 64.1 Å². The van der Waals surface area contributed by atoms with E-state index in [9.17, 15) is 13.2 Å². The number of carbonyl (C=O) groups excluding carboxylic acids is 1. The molecule has 1 aliphatic heterocycles. The number of hydrogen-bond donors (Lipinski definition) is 2. The molecule has 2 aromatic rings. The standard InChI is InChI=1S/C23H29BrN4O3S/c1-23(2,3)19-6-4-18(5-7-19)16-25-26-22(29)17-27-12-14-28(15-13-27)32(30,31)21-10-8-20(24)9-11-21/h4-11,16H,12-15,17H2,1-3H3,(H,26,29)/p+1/b25-16+. The van der Waals surface area contributed by atoms with Crippen molar-refractivity contribution in [2.24, 2.45) is 5.10 Å². The second-order valence-electron chi connectivity index (χ2n) is 8.95. The van der Waals surface area contributed by atoms with Crippen molar-refractivity contribution in [2.45, 2.75) is 31.1 Å². The SMILES string of the molecule is CC(C)(C)c1ccc(/C=N/NC(=O)C[NH+]2CCN(S(=O)(=O)c3ccc(Br)cc3)CC2)cc1. The average molecular weight is 522 g/mol. The van der Waals surface area contributed by atoms with Crippen molar-refractivity contribution in [3.63, 3.8) is 0 Å². The third kappa shape index (κ3) is 6.48. The molecule has 3 rings (SSSR count). The average Bonchev–Trinajstić information content (AvgIpc) is 2.74. The molecule has 0 saturated carbocycles. The van der Waals surface area contributed by atoms with Gasteiger partial charge in [-0.05, 0) is 40.8 Å². The molecule has 0 radical (unpaired) electrons. The van der Waals surface area contributed by atoms with Gasteiger partial charge in [0.15, 0.2) is 6.54 Å². The molecule has 1 fully saturated rings. The number of quaternary nitrogens is 1. The van der Waals surface area contributed by atoms with E-state index in [-0.39, 0.29) is 22.8 Å². The van der Waals surface area contributed by atoms with Crippen molar-refractivity contribution in [1.82, 2.24) is 9.73 Å². The van der Waals surface area contributed by atoms with E-state index in [1.807, 2.05) is 12.1 Å². The maximum Gasteiger partial charge on any atom is 0.295 e. The fourth-order valence-corrected chi connectivity index (χ4v) is 5.20. The lowest BCUT2D eigenvalue weighted by Crippen LogP contribution is -3.15. The summed E-state index contributed by atoms with van der Waals surface area (Å²) in [4.78, 5) is 13.6. The topological polar surface area (TPSA) is 83.3 Å². The van der Waals surface area contributed by atoms with Crippen molar-refractivity contribution >= 4 is 38.1 Å². The first-order valence-corrected chi connectivity index (χ1v) is 12.8. The molecule has 0 aliphatic carbocycles. The molecule has 2 N–H and O–H groups in total. The van der Waals surface area contributed by atoms with Gasteiger partial charge in [0.1, 0.15) is 0 Å². The largest absolute Gasteiger partial charge is 0.325 e. The summed E-state index contributed by atoms with van der Waals surface area (Å²) in [5.41, 5.74) is 4.81. The van der Waals surface area contributed by atoms with Crippen LogP contribution in [0.5, 0.6) is 0 Å². The highest BCUT2D eigenvalue weighted by Gasteiger charge is 2.31. The van der Waals surface area contributed by atoms with Crippen molar-refractivity contribution in [2.75, 3.05) is 32.7 Å². The summed E-state index contributed by atoms with van der Waals surface area (Å²) in [7, 11) is -3.51. The molecule has 0 spiro atoms. The number of amides is 1. The maximum atomic E-state index is 12.8. The summed E-state index contributed by atoms with van der Waals surface area (Å²) in [6, 6.07) is 14.7. The van der Waals surface area contributed by atoms with E-state index in [0.29, 0.717) is 26.2 Å². The lowest BCUT2D eigenvalue weighted by Gasteiger charge is -2.31. The van der Waals surface area contributed by atoms with Crippen LogP contribution in [0.3, 0.4) is 0 Å². The van der Waals surface area contributed by atoms with Gasteiger partial charge >= 0.3 is 0 Å². The third-order valence-electron chi connectivity index (χ3n) is 5.47. The van der Waals surface area contributed by atoms with Gasteiger partial charge < -0.3 is 4.90 Å². The molecular weight excluding hydrogens is 492 g/mol. The Hall–Kier alpha value is -2.07. The molecule has 2 aromatic carbocycles. The summed E-state index contributed by atoms with van der Waals surface area (Å²) in [5.74, 6) is -0.188. The minimum atomic E-state index is -3.51. The zero-order chi connectivity index (χ0) is 23.4. The van der Waals surface area contributed by atoms with Gasteiger partial charge in [-0.2, -0.15) is 9.41 Å². The molecule has 7 nitrogen and oxygen atoms in total. The number of hydrogen-bond acceptors (Lipinski definition) is 4. The van der Waals surface area contributed by atoms with Crippen LogP contribution in [0.4, 0.5) is 0 Å². The van der Waals surface area contributed by atoms with Crippen molar-refractivity contribution in [3.8, 4) is 0 Å². The van der Waals surface area contributed by atoms with Crippen molar-refractivity contribution < 1.29 is 18.1 Å². The summed E-state index contributed by atoms with van der Waals surface area (Å²) in [6.07, 6.45) is 1.63. The second kappa shape index (κ2) is 10.2. The Morgan fingerprint density at radius 1 is 1.09 bits per heavy atom. The fraction of sp³-hybridized carbons (Fsp3) is 0.391. The highest BCUT2D eigenvalue weighted by Crippen LogP contribution is 2.22. The van der Waals surface area contributed by atoms with Crippen LogP contribution in [0.2, 0.25) is 0 Å². The third-order valence-corrected chi connectivity index (χ3v) is 7.91. The molecule has 32 heavy (non-hydrogen) atoms. The molecule has 0 atom stereocenters. The number of hydrazone groups is 1. The molecular formula is C23H30BrN4O3S+. The summed E-state index contributed by atoms with van der Waals surface area (Å²) in [5, 5.41) is 4.05. The number of sulfonamides is 1. The number of rotatable bonds is 6. The summed E-state index contributed by atoms with van der Waals surface area (Å²) < 4.78 is 27.9. The van der Waals surface area contributed by atoms with Crippen molar-refractivity contribution in [1.29, 1.82) is 0 Å². The van der Waals surface area contributed by atoms with Gasteiger partial charge in [0.05, 0.1) is 37.3 Å². The Balaban J connectivity index is 1.46. The lowest BCUT2D eigenvalue weighted by molar-refractivity contribution is -0.895. The Morgan fingerprint density at radius 3 is 2.25 bits per heavy atom. The quantitative estimate of drug-likeness (QED) is 0.449. The van der Waals surface area contributed by atoms with Crippen LogP contribution in [0, 0.1) is 0 Å². The van der Waals surface area contributed by atoms with Crippen LogP contribution in [0.15, 0.2) is 63.0 Å². The number of carbonyl (C=O) groups is 1. The van der Waals surface area contributed by atoms with Crippen LogP contribution in [-0.4, -0.2) is 57.6 Å². The van der Waals surface area contributed by atoms with E-state index in [0.717, 1.165) is 14.9 Å². The molecule has 172 valence electrons. The summed E-state index contributed by atoms with van der Waals surface area (Å²) in [6.45, 7) is 8.64. The predicted octanol–water partition coefficient (Wildman–Crippen LogP) is 1.79. The predicted molar refractivity (Wildman–Crippen MR) is 129 cm³/mol. The van der Waals surface area contributed by atoms with Crippen LogP contribution < -0.4 is 10.3 Å². The molecule has 1 amide bonds. The Labute approximate surface area is 198 Å². The molecule has 1 aliphatic rings. The molecule has 1 heterocycles. The van der Waals surface area contributed by atoms with E-state index >= 15 is 0 Å². The van der Waals surface area contributed by atoms with E-state index in [2.05, 4.69) is 59.4 Å². The van der Waals surface area contributed by atoms with Gasteiger partial charge in [0, 0.05) is 4.47 Å². The number of nitrogens with zero attached hydrogens (tertiary/aromatic N) is 2. The van der Waals surface area contributed by atoms with Gasteiger partial charge in [-0.25, -0.2) is 13.8 Å². The monoisotopic (exact) mass is 521 g/mol. The first-order valence-electron chi connectivity index (χ1n) is 10.6. The minimum absolute atomic E-state index is 0.0915. The van der Waals surface area contributed by atoms with E-state index in [1.54, 1.807) is 30.5 Å². The number of halogens is 1. The van der Waals surface area contributed by atoms with Gasteiger partial charge in [0.25, 0.3) is 5.91 Å². The Bertz CT molecular complexity index is 1050. The second-order valence-corrected chi connectivity index (χ2v) is 11.8. The summed E-state index contributed by atoms with van der Waals surface area (Å²) >= 11 is 3.32. The minimum Gasteiger partial charge on any atom is -0.325 e. The normalized spacial score (nSPS) is 16.4. The van der Waals surface area contributed by atoms with Gasteiger partial charge in [-0.3, -0.25) is 4.79 Å². The Kier molecular flexibility index (Phi) is 7.87. The van der Waals surface area contributed by atoms with Crippen LogP contribution >= 0.6 is 15.9 Å². The Morgan fingerprint density at radius 2 is 1.69 bits per heavy atom. The van der Waals surface area contributed by atoms with Gasteiger partial charge in [0.2, 0.25) is 10.0 Å². The highest BCUT2D eigenvalue weighted by atomic mass is 79.9. The van der Waals surface area contributed by atoms with Crippen LogP contribution in [0.1, 0.15) is 31.9 Å². The smallest absolute Gasteiger partial charge is 0.295 e. The fourth-order valence-electron chi connectivity index (χ4n) is 3.49. The zero-order valence-electron chi connectivity index (χ0n) is 18.6. The molecule has 0 bridgehead atoms. The zero-order valence-corrected chi connectivity index (χ0v) is 21.0. The lowest BCUT2D eigenvalue weighted by atomic mass is 9.87. The maximum absolute atomic E-state index is 12.8. The van der Waals surface area contributed by atoms with E-state index in [1.165, 1.54) is 9.87 Å².